The molecule has 0 bridgehead atoms. The lowest BCUT2D eigenvalue weighted by Crippen LogP contribution is -2.13. The molecule has 0 atom stereocenters. The van der Waals surface area contributed by atoms with Crippen LogP contribution < -0.4 is 9.47 Å². The highest BCUT2D eigenvalue weighted by Crippen LogP contribution is 2.48. The Morgan fingerprint density at radius 3 is 2.32 bits per heavy atom. The maximum absolute atomic E-state index is 11.3. The maximum atomic E-state index is 11.3. The van der Waals surface area contributed by atoms with E-state index < -0.39 is 9.76 Å². The third-order valence-electron chi connectivity index (χ3n) is 1.79. The molecule has 0 fully saturated rings. The summed E-state index contributed by atoms with van der Waals surface area (Å²) in [5.41, 5.74) is -0.142. The van der Waals surface area contributed by atoms with Crippen LogP contribution in [-0.2, 0) is 8.59 Å². The standard InChI is InChI=1S/C9H5Cl5INO3/c1-18-8-5(11)6(19-3(17)2-15)4(10)7(16-8)9(12,13)14/h2H2,1H3. The molecule has 0 saturated heterocycles. The fraction of sp³-hybridized carbons (Fsp3) is 0.333. The van der Waals surface area contributed by atoms with E-state index in [9.17, 15) is 4.79 Å². The highest BCUT2D eigenvalue weighted by atomic mass is 127. The molecule has 0 spiro atoms. The molecule has 4 nitrogen and oxygen atoms in total. The Kier molecular flexibility index (Phi) is 6.54. The molecule has 1 aromatic heterocycles. The molecule has 106 valence electrons. The molecule has 0 radical (unpaired) electrons. The zero-order valence-electron chi connectivity index (χ0n) is 9.15. The molecule has 19 heavy (non-hydrogen) atoms. The maximum Gasteiger partial charge on any atom is 0.321 e. The fourth-order valence-corrected chi connectivity index (χ4v) is 2.38. The lowest BCUT2D eigenvalue weighted by atomic mass is 10.3. The Morgan fingerprint density at radius 1 is 1.32 bits per heavy atom. The van der Waals surface area contributed by atoms with Crippen LogP contribution in [0.15, 0.2) is 0 Å². The Morgan fingerprint density at radius 2 is 1.89 bits per heavy atom. The van der Waals surface area contributed by atoms with Crippen LogP contribution in [0, 0.1) is 0 Å². The molecule has 1 rings (SSSR count). The topological polar surface area (TPSA) is 48.4 Å². The van der Waals surface area contributed by atoms with E-state index in [1.165, 1.54) is 7.11 Å². The van der Waals surface area contributed by atoms with Gasteiger partial charge < -0.3 is 9.47 Å². The van der Waals surface area contributed by atoms with Crippen LogP contribution in [0.2, 0.25) is 10.0 Å². The van der Waals surface area contributed by atoms with E-state index >= 15 is 0 Å². The smallest absolute Gasteiger partial charge is 0.321 e. The molecule has 0 aliphatic heterocycles. The van der Waals surface area contributed by atoms with Gasteiger partial charge in [0.25, 0.3) is 0 Å². The molecule has 0 unspecified atom stereocenters. The summed E-state index contributed by atoms with van der Waals surface area (Å²) in [5, 5.41) is -0.243. The first-order chi connectivity index (χ1) is 8.72. The van der Waals surface area contributed by atoms with E-state index in [1.807, 2.05) is 22.6 Å². The van der Waals surface area contributed by atoms with Crippen LogP contribution in [0.1, 0.15) is 5.69 Å². The third-order valence-corrected chi connectivity index (χ3v) is 3.64. The average Bonchev–Trinajstić information content (AvgIpc) is 2.32. The van der Waals surface area contributed by atoms with E-state index in [-0.39, 0.29) is 31.8 Å². The summed E-state index contributed by atoms with van der Waals surface area (Å²) in [6.45, 7) is 0. The molecule has 1 heterocycles. The number of alkyl halides is 4. The number of nitrogens with zero attached hydrogens (tertiary/aromatic N) is 1. The number of methoxy groups -OCH3 is 1. The number of pyridine rings is 1. The van der Waals surface area contributed by atoms with Gasteiger partial charge in [-0.05, 0) is 0 Å². The SMILES string of the molecule is COc1nc(C(Cl)(Cl)Cl)c(Cl)c(OC(=O)CI)c1Cl. The molecule has 0 aliphatic carbocycles. The minimum Gasteiger partial charge on any atom is -0.480 e. The molecule has 0 saturated carbocycles. The Labute approximate surface area is 147 Å². The van der Waals surface area contributed by atoms with Gasteiger partial charge in [-0.15, -0.1) is 0 Å². The molecule has 1 aromatic rings. The van der Waals surface area contributed by atoms with Gasteiger partial charge in [0.15, 0.2) is 5.75 Å². The predicted octanol–water partition coefficient (Wildman–Crippen LogP) is 4.56. The van der Waals surface area contributed by atoms with Crippen LogP contribution in [0.3, 0.4) is 0 Å². The lowest BCUT2D eigenvalue weighted by molar-refractivity contribution is -0.131. The van der Waals surface area contributed by atoms with Crippen molar-refractivity contribution in [3.8, 4) is 11.6 Å². The molecule has 0 aliphatic rings. The van der Waals surface area contributed by atoms with Crippen molar-refractivity contribution in [2.24, 2.45) is 0 Å². The zero-order valence-corrected chi connectivity index (χ0v) is 15.1. The van der Waals surface area contributed by atoms with Crippen molar-refractivity contribution < 1.29 is 14.3 Å². The number of carbonyl (C=O) groups is 1. The van der Waals surface area contributed by atoms with E-state index in [2.05, 4.69) is 4.98 Å². The largest absolute Gasteiger partial charge is 0.480 e. The number of esters is 1. The second-order valence-corrected chi connectivity index (χ2v) is 6.83. The number of rotatable bonds is 3. The average molecular weight is 479 g/mol. The summed E-state index contributed by atoms with van der Waals surface area (Å²) in [5.74, 6) is -0.783. The van der Waals surface area contributed by atoms with Crippen molar-refractivity contribution >= 4 is 86.6 Å². The minimum absolute atomic E-state index is 0.0661. The van der Waals surface area contributed by atoms with E-state index in [0.29, 0.717) is 0 Å². The van der Waals surface area contributed by atoms with Gasteiger partial charge in [0, 0.05) is 0 Å². The molecular weight excluding hydrogens is 474 g/mol. The Hall–Kier alpha value is 0.600. The number of ether oxygens (including phenoxy) is 2. The van der Waals surface area contributed by atoms with Gasteiger partial charge in [0.05, 0.1) is 11.5 Å². The molecule has 10 heteroatoms. The summed E-state index contributed by atoms with van der Waals surface area (Å²) >= 11 is 31.0. The van der Waals surface area contributed by atoms with Crippen LogP contribution in [0.25, 0.3) is 0 Å². The van der Waals surface area contributed by atoms with Crippen LogP contribution in [0.5, 0.6) is 11.6 Å². The first kappa shape index (κ1) is 17.7. The Bertz CT molecular complexity index is 506. The number of aromatic nitrogens is 1. The van der Waals surface area contributed by atoms with Crippen molar-refractivity contribution in [2.75, 3.05) is 11.5 Å². The van der Waals surface area contributed by atoms with Crippen molar-refractivity contribution in [3.05, 3.63) is 15.7 Å². The van der Waals surface area contributed by atoms with Crippen molar-refractivity contribution in [1.29, 1.82) is 0 Å². The number of halogens is 6. The third kappa shape index (κ3) is 4.28. The lowest BCUT2D eigenvalue weighted by Gasteiger charge is -2.17. The second kappa shape index (κ2) is 7.04. The zero-order chi connectivity index (χ0) is 14.8. The Balaban J connectivity index is 3.47. The number of carbonyl (C=O) groups excluding carboxylic acids is 1. The van der Waals surface area contributed by atoms with Gasteiger partial charge >= 0.3 is 5.97 Å². The first-order valence-corrected chi connectivity index (χ1v) is 7.90. The highest BCUT2D eigenvalue weighted by molar-refractivity contribution is 14.1. The number of hydrogen-bond acceptors (Lipinski definition) is 4. The summed E-state index contributed by atoms with van der Waals surface area (Å²) in [6, 6.07) is 0. The molecule has 0 N–H and O–H groups in total. The summed E-state index contributed by atoms with van der Waals surface area (Å²) in [4.78, 5) is 15.2. The minimum atomic E-state index is -1.92. The van der Waals surface area contributed by atoms with Gasteiger partial charge in [-0.1, -0.05) is 80.6 Å². The van der Waals surface area contributed by atoms with Gasteiger partial charge in [-0.3, -0.25) is 4.79 Å². The number of hydrogen-bond donors (Lipinski definition) is 0. The summed E-state index contributed by atoms with van der Waals surface area (Å²) < 4.78 is 8.10. The highest BCUT2D eigenvalue weighted by Gasteiger charge is 2.33. The van der Waals surface area contributed by atoms with E-state index in [1.54, 1.807) is 0 Å². The van der Waals surface area contributed by atoms with Gasteiger partial charge in [-0.2, -0.15) is 0 Å². The molecule has 0 amide bonds. The van der Waals surface area contributed by atoms with Crippen LogP contribution in [0.4, 0.5) is 0 Å². The summed E-state index contributed by atoms with van der Waals surface area (Å²) in [7, 11) is 1.31. The van der Waals surface area contributed by atoms with E-state index in [0.717, 1.165) is 0 Å². The van der Waals surface area contributed by atoms with Crippen molar-refractivity contribution in [2.45, 2.75) is 3.79 Å². The van der Waals surface area contributed by atoms with Gasteiger partial charge in [0.2, 0.25) is 9.67 Å². The normalized spacial score (nSPS) is 11.3. The van der Waals surface area contributed by atoms with E-state index in [4.69, 9.17) is 67.5 Å². The van der Waals surface area contributed by atoms with Gasteiger partial charge in [0.1, 0.15) is 15.7 Å². The molecular formula is C9H5Cl5INO3. The second-order valence-electron chi connectivity index (χ2n) is 3.03. The predicted molar refractivity (Wildman–Crippen MR) is 84.6 cm³/mol. The monoisotopic (exact) mass is 477 g/mol. The van der Waals surface area contributed by atoms with Gasteiger partial charge in [-0.25, -0.2) is 4.98 Å². The quantitative estimate of drug-likeness (QED) is 0.362. The van der Waals surface area contributed by atoms with Crippen molar-refractivity contribution in [1.82, 2.24) is 4.98 Å². The molecule has 0 aromatic carbocycles. The van der Waals surface area contributed by atoms with Crippen molar-refractivity contribution in [3.63, 3.8) is 0 Å². The summed E-state index contributed by atoms with van der Waals surface area (Å²) in [6.07, 6.45) is 0. The first-order valence-electron chi connectivity index (χ1n) is 4.49. The van der Waals surface area contributed by atoms with Crippen LogP contribution in [-0.4, -0.2) is 22.5 Å². The fourth-order valence-electron chi connectivity index (χ4n) is 1.05. The van der Waals surface area contributed by atoms with Crippen LogP contribution >= 0.6 is 80.6 Å².